The van der Waals surface area contributed by atoms with Crippen molar-refractivity contribution in [3.8, 4) is 11.6 Å². The standard InChI is InChI=1S/C14H10FNO3/c15-11-5-1-2-6-12(11)19-14-10(4-3-9-16-14)7-8-13(17)18/h1-9H,(H,17,18)/b8-7+. The lowest BCUT2D eigenvalue weighted by Gasteiger charge is -2.07. The second-order valence-electron chi connectivity index (χ2n) is 3.60. The number of carbonyl (C=O) groups is 1. The third-order valence-electron chi connectivity index (χ3n) is 2.25. The Bertz CT molecular complexity index is 626. The molecular weight excluding hydrogens is 249 g/mol. The number of hydrogen-bond donors (Lipinski definition) is 1. The molecule has 1 aromatic heterocycles. The van der Waals surface area contributed by atoms with Gasteiger partial charge in [-0.2, -0.15) is 0 Å². The van der Waals surface area contributed by atoms with Crippen LogP contribution in [0.4, 0.5) is 4.39 Å². The van der Waals surface area contributed by atoms with Crippen molar-refractivity contribution in [1.29, 1.82) is 0 Å². The SMILES string of the molecule is O=C(O)/C=C/c1cccnc1Oc1ccccc1F. The van der Waals surface area contributed by atoms with E-state index in [1.54, 1.807) is 24.3 Å². The lowest BCUT2D eigenvalue weighted by molar-refractivity contribution is -0.131. The van der Waals surface area contributed by atoms with E-state index in [9.17, 15) is 9.18 Å². The van der Waals surface area contributed by atoms with Gasteiger partial charge in [-0.1, -0.05) is 12.1 Å². The predicted octanol–water partition coefficient (Wildman–Crippen LogP) is 3.11. The van der Waals surface area contributed by atoms with Gasteiger partial charge >= 0.3 is 5.97 Å². The van der Waals surface area contributed by atoms with Crippen LogP contribution in [0, 0.1) is 5.82 Å². The summed E-state index contributed by atoms with van der Waals surface area (Å²) in [5, 5.41) is 8.59. The first-order valence-corrected chi connectivity index (χ1v) is 5.45. The van der Waals surface area contributed by atoms with Crippen LogP contribution in [0.5, 0.6) is 11.6 Å². The second kappa shape index (κ2) is 5.77. The monoisotopic (exact) mass is 259 g/mol. The Kier molecular flexibility index (Phi) is 3.87. The Hall–Kier alpha value is -2.69. The number of ether oxygens (including phenoxy) is 1. The first-order chi connectivity index (χ1) is 9.16. The average molecular weight is 259 g/mol. The third-order valence-corrected chi connectivity index (χ3v) is 2.25. The number of rotatable bonds is 4. The summed E-state index contributed by atoms with van der Waals surface area (Å²) in [6, 6.07) is 9.18. The lowest BCUT2D eigenvalue weighted by Crippen LogP contribution is -1.93. The molecule has 0 aliphatic rings. The van der Waals surface area contributed by atoms with E-state index < -0.39 is 11.8 Å². The maximum absolute atomic E-state index is 13.5. The number of pyridine rings is 1. The van der Waals surface area contributed by atoms with Crippen molar-refractivity contribution in [3.63, 3.8) is 0 Å². The van der Waals surface area contributed by atoms with Crippen LogP contribution in [-0.2, 0) is 4.79 Å². The zero-order valence-corrected chi connectivity index (χ0v) is 9.79. The molecule has 5 heteroatoms. The number of nitrogens with zero attached hydrogens (tertiary/aromatic N) is 1. The summed E-state index contributed by atoms with van der Waals surface area (Å²) in [6.07, 6.45) is 3.78. The number of aliphatic carboxylic acids is 1. The summed E-state index contributed by atoms with van der Waals surface area (Å²) in [5.74, 6) is -1.42. The van der Waals surface area contributed by atoms with E-state index in [2.05, 4.69) is 4.98 Å². The van der Waals surface area contributed by atoms with Crippen LogP contribution in [0.15, 0.2) is 48.7 Å². The molecule has 2 aromatic rings. The topological polar surface area (TPSA) is 59.4 Å². The van der Waals surface area contributed by atoms with Gasteiger partial charge in [0.05, 0.1) is 0 Å². The largest absolute Gasteiger partial charge is 0.478 e. The molecule has 1 N–H and O–H groups in total. The normalized spacial score (nSPS) is 10.6. The molecule has 0 saturated heterocycles. The zero-order chi connectivity index (χ0) is 13.7. The Morgan fingerprint density at radius 1 is 1.26 bits per heavy atom. The van der Waals surface area contributed by atoms with Gasteiger partial charge < -0.3 is 9.84 Å². The van der Waals surface area contributed by atoms with E-state index in [1.165, 1.54) is 24.4 Å². The molecule has 0 bridgehead atoms. The number of hydrogen-bond acceptors (Lipinski definition) is 3. The van der Waals surface area contributed by atoms with Crippen LogP contribution in [0.3, 0.4) is 0 Å². The predicted molar refractivity (Wildman–Crippen MR) is 67.4 cm³/mol. The van der Waals surface area contributed by atoms with Crippen LogP contribution < -0.4 is 4.74 Å². The molecule has 19 heavy (non-hydrogen) atoms. The van der Waals surface area contributed by atoms with Gasteiger partial charge in [0.25, 0.3) is 0 Å². The van der Waals surface area contributed by atoms with Gasteiger partial charge in [-0.3, -0.25) is 0 Å². The Labute approximate surface area is 108 Å². The van der Waals surface area contributed by atoms with Gasteiger partial charge in [0.2, 0.25) is 5.88 Å². The summed E-state index contributed by atoms with van der Waals surface area (Å²) in [6.45, 7) is 0. The summed E-state index contributed by atoms with van der Waals surface area (Å²) in [4.78, 5) is 14.4. The minimum atomic E-state index is -1.08. The summed E-state index contributed by atoms with van der Waals surface area (Å²) >= 11 is 0. The van der Waals surface area contributed by atoms with Crippen molar-refractivity contribution < 1.29 is 19.0 Å². The molecule has 0 aliphatic carbocycles. The van der Waals surface area contributed by atoms with Gasteiger partial charge in [0, 0.05) is 17.8 Å². The molecule has 0 atom stereocenters. The van der Waals surface area contributed by atoms with E-state index in [4.69, 9.17) is 9.84 Å². The lowest BCUT2D eigenvalue weighted by atomic mass is 10.2. The van der Waals surface area contributed by atoms with Crippen molar-refractivity contribution in [2.24, 2.45) is 0 Å². The van der Waals surface area contributed by atoms with Crippen molar-refractivity contribution in [2.45, 2.75) is 0 Å². The van der Waals surface area contributed by atoms with Crippen LogP contribution in [-0.4, -0.2) is 16.1 Å². The number of para-hydroxylation sites is 1. The van der Waals surface area contributed by atoms with Crippen LogP contribution in [0.25, 0.3) is 6.08 Å². The van der Waals surface area contributed by atoms with Crippen molar-refractivity contribution in [3.05, 3.63) is 60.1 Å². The van der Waals surface area contributed by atoms with E-state index in [0.29, 0.717) is 5.56 Å². The maximum atomic E-state index is 13.5. The highest BCUT2D eigenvalue weighted by atomic mass is 19.1. The summed E-state index contributed by atoms with van der Waals surface area (Å²) < 4.78 is 18.8. The zero-order valence-electron chi connectivity index (χ0n) is 9.79. The van der Waals surface area contributed by atoms with Crippen molar-refractivity contribution in [2.75, 3.05) is 0 Å². The number of halogens is 1. The van der Waals surface area contributed by atoms with E-state index >= 15 is 0 Å². The van der Waals surface area contributed by atoms with Gasteiger partial charge in [-0.05, 0) is 30.3 Å². The first kappa shape index (κ1) is 12.8. The fourth-order valence-electron chi connectivity index (χ4n) is 1.41. The molecule has 2 rings (SSSR count). The molecule has 4 nitrogen and oxygen atoms in total. The van der Waals surface area contributed by atoms with Gasteiger partial charge in [-0.15, -0.1) is 0 Å². The molecule has 1 aromatic carbocycles. The number of benzene rings is 1. The fraction of sp³-hybridized carbons (Fsp3) is 0. The molecule has 0 spiro atoms. The van der Waals surface area contributed by atoms with Gasteiger partial charge in [0.15, 0.2) is 11.6 Å². The summed E-state index contributed by atoms with van der Waals surface area (Å²) in [5.41, 5.74) is 0.452. The Morgan fingerprint density at radius 2 is 2.05 bits per heavy atom. The number of carboxylic acid groups (broad SMARTS) is 1. The van der Waals surface area contributed by atoms with E-state index in [1.807, 2.05) is 0 Å². The highest BCUT2D eigenvalue weighted by molar-refractivity contribution is 5.85. The number of aromatic nitrogens is 1. The molecule has 0 aliphatic heterocycles. The quantitative estimate of drug-likeness (QED) is 0.857. The number of carboxylic acids is 1. The minimum Gasteiger partial charge on any atom is -0.478 e. The Balaban J connectivity index is 2.30. The average Bonchev–Trinajstić information content (AvgIpc) is 2.40. The fourth-order valence-corrected chi connectivity index (χ4v) is 1.41. The maximum Gasteiger partial charge on any atom is 0.328 e. The molecule has 0 amide bonds. The Morgan fingerprint density at radius 3 is 2.79 bits per heavy atom. The van der Waals surface area contributed by atoms with Crippen LogP contribution in [0.2, 0.25) is 0 Å². The van der Waals surface area contributed by atoms with Gasteiger partial charge in [0.1, 0.15) is 0 Å². The third kappa shape index (κ3) is 3.38. The second-order valence-corrected chi connectivity index (χ2v) is 3.60. The minimum absolute atomic E-state index is 0.0335. The molecule has 1 heterocycles. The molecule has 0 saturated carbocycles. The summed E-state index contributed by atoms with van der Waals surface area (Å²) in [7, 11) is 0. The molecule has 0 radical (unpaired) electrons. The highest BCUT2D eigenvalue weighted by Gasteiger charge is 2.07. The van der Waals surface area contributed by atoms with Crippen molar-refractivity contribution in [1.82, 2.24) is 4.98 Å². The van der Waals surface area contributed by atoms with E-state index in [-0.39, 0.29) is 11.6 Å². The smallest absolute Gasteiger partial charge is 0.328 e. The van der Waals surface area contributed by atoms with Crippen LogP contribution >= 0.6 is 0 Å². The molecule has 96 valence electrons. The molecule has 0 unspecified atom stereocenters. The molecule has 0 fully saturated rings. The highest BCUT2D eigenvalue weighted by Crippen LogP contribution is 2.25. The first-order valence-electron chi connectivity index (χ1n) is 5.45. The van der Waals surface area contributed by atoms with Crippen LogP contribution in [0.1, 0.15) is 5.56 Å². The van der Waals surface area contributed by atoms with Gasteiger partial charge in [-0.25, -0.2) is 14.2 Å². The molecular formula is C14H10FNO3. The van der Waals surface area contributed by atoms with E-state index in [0.717, 1.165) is 6.08 Å². The van der Waals surface area contributed by atoms with Crippen molar-refractivity contribution >= 4 is 12.0 Å².